The van der Waals surface area contributed by atoms with E-state index in [1.54, 1.807) is 6.07 Å². The van der Waals surface area contributed by atoms with Gasteiger partial charge in [0.15, 0.2) is 11.5 Å². The van der Waals surface area contributed by atoms with Crippen LogP contribution in [-0.4, -0.2) is 32.7 Å². The summed E-state index contributed by atoms with van der Waals surface area (Å²) in [6.07, 6.45) is 0.743. The van der Waals surface area contributed by atoms with Crippen molar-refractivity contribution in [1.82, 2.24) is 5.32 Å². The molecule has 2 rings (SSSR count). The summed E-state index contributed by atoms with van der Waals surface area (Å²) in [5.74, 6) is -0.0864. The van der Waals surface area contributed by atoms with E-state index in [1.165, 1.54) is 30.4 Å². The summed E-state index contributed by atoms with van der Waals surface area (Å²) in [5, 5.41) is 5.70. The number of benzene rings is 2. The highest BCUT2D eigenvalue weighted by Crippen LogP contribution is 2.31. The Hall–Kier alpha value is -2.83. The van der Waals surface area contributed by atoms with Gasteiger partial charge in [-0.05, 0) is 36.6 Å². The normalized spacial score (nSPS) is 10.5. The summed E-state index contributed by atoms with van der Waals surface area (Å²) in [4.78, 5) is 11.9. The third-order valence-electron chi connectivity index (χ3n) is 3.81. The van der Waals surface area contributed by atoms with E-state index in [0.29, 0.717) is 12.2 Å². The summed E-state index contributed by atoms with van der Waals surface area (Å²) < 4.78 is 34.2. The lowest BCUT2D eigenvalue weighted by atomic mass is 10.1. The Labute approximate surface area is 151 Å². The first kappa shape index (κ1) is 19.5. The summed E-state index contributed by atoms with van der Waals surface area (Å²) in [7, 11) is 1.36. The molecule has 1 amide bonds. The number of ether oxygens (including phenoxy) is 2. The van der Waals surface area contributed by atoms with E-state index in [2.05, 4.69) is 15.4 Å². The molecule has 0 unspecified atom stereocenters. The van der Waals surface area contributed by atoms with Crippen molar-refractivity contribution in [2.24, 2.45) is 0 Å². The predicted molar refractivity (Wildman–Crippen MR) is 96.0 cm³/mol. The Kier molecular flexibility index (Phi) is 7.20. The number of nitrogens with one attached hydrogen (secondary N) is 2. The fourth-order valence-electron chi connectivity index (χ4n) is 2.45. The average Bonchev–Trinajstić information content (AvgIpc) is 2.61. The van der Waals surface area contributed by atoms with Crippen LogP contribution in [0.1, 0.15) is 11.1 Å². The predicted octanol–water partition coefficient (Wildman–Crippen LogP) is 3.38. The maximum atomic E-state index is 12.4. The van der Waals surface area contributed by atoms with Crippen LogP contribution in [0.5, 0.6) is 11.5 Å². The van der Waals surface area contributed by atoms with Crippen molar-refractivity contribution < 1.29 is 23.0 Å². The summed E-state index contributed by atoms with van der Waals surface area (Å²) in [5.41, 5.74) is 2.85. The lowest BCUT2D eigenvalue weighted by Crippen LogP contribution is -2.31. The van der Waals surface area contributed by atoms with Gasteiger partial charge in [0, 0.05) is 18.3 Å². The second-order valence-corrected chi connectivity index (χ2v) is 5.62. The molecule has 2 aromatic rings. The fourth-order valence-corrected chi connectivity index (χ4v) is 2.45. The zero-order chi connectivity index (χ0) is 18.9. The van der Waals surface area contributed by atoms with Gasteiger partial charge in [0.05, 0.1) is 13.7 Å². The van der Waals surface area contributed by atoms with Gasteiger partial charge in [-0.2, -0.15) is 8.78 Å². The highest BCUT2D eigenvalue weighted by molar-refractivity contribution is 5.80. The molecule has 2 aromatic carbocycles. The number of halogens is 2. The van der Waals surface area contributed by atoms with Crippen LogP contribution >= 0.6 is 0 Å². The van der Waals surface area contributed by atoms with Crippen LogP contribution in [0.15, 0.2) is 42.5 Å². The number of hydrogen-bond acceptors (Lipinski definition) is 4. The van der Waals surface area contributed by atoms with Gasteiger partial charge in [-0.1, -0.05) is 24.3 Å². The second kappa shape index (κ2) is 9.60. The molecular formula is C19H22F2N2O3. The fraction of sp³-hybridized carbons (Fsp3) is 0.316. The SMILES string of the molecule is COc1ccc(NCC(=O)NCCc2ccccc2C)cc1OC(F)F. The molecule has 0 radical (unpaired) electrons. The minimum atomic E-state index is -2.95. The molecule has 0 heterocycles. The number of rotatable bonds is 9. The smallest absolute Gasteiger partial charge is 0.387 e. The van der Waals surface area contributed by atoms with E-state index in [1.807, 2.05) is 31.2 Å². The van der Waals surface area contributed by atoms with Crippen LogP contribution in [0.4, 0.5) is 14.5 Å². The van der Waals surface area contributed by atoms with E-state index in [0.717, 1.165) is 6.42 Å². The minimum absolute atomic E-state index is 0.0220. The topological polar surface area (TPSA) is 59.6 Å². The molecule has 0 bridgehead atoms. The Bertz CT molecular complexity index is 738. The molecule has 0 fully saturated rings. The zero-order valence-corrected chi connectivity index (χ0v) is 14.7. The van der Waals surface area contributed by atoms with Crippen LogP contribution in [0.2, 0.25) is 0 Å². The van der Waals surface area contributed by atoms with Crippen molar-refractivity contribution in [3.63, 3.8) is 0 Å². The van der Waals surface area contributed by atoms with E-state index < -0.39 is 6.61 Å². The molecule has 2 N–H and O–H groups in total. The van der Waals surface area contributed by atoms with Crippen molar-refractivity contribution >= 4 is 11.6 Å². The van der Waals surface area contributed by atoms with Gasteiger partial charge in [0.2, 0.25) is 5.91 Å². The van der Waals surface area contributed by atoms with Gasteiger partial charge < -0.3 is 20.1 Å². The molecule has 5 nitrogen and oxygen atoms in total. The van der Waals surface area contributed by atoms with Gasteiger partial charge in [0.25, 0.3) is 0 Å². The number of alkyl halides is 2. The third kappa shape index (κ3) is 5.91. The largest absolute Gasteiger partial charge is 0.493 e. The minimum Gasteiger partial charge on any atom is -0.493 e. The molecule has 0 atom stereocenters. The van der Waals surface area contributed by atoms with Gasteiger partial charge in [-0.15, -0.1) is 0 Å². The highest BCUT2D eigenvalue weighted by Gasteiger charge is 2.11. The van der Waals surface area contributed by atoms with Crippen molar-refractivity contribution in [2.75, 3.05) is 25.5 Å². The van der Waals surface area contributed by atoms with E-state index >= 15 is 0 Å². The zero-order valence-electron chi connectivity index (χ0n) is 14.7. The number of amides is 1. The molecular weight excluding hydrogens is 342 g/mol. The van der Waals surface area contributed by atoms with E-state index in [-0.39, 0.29) is 24.0 Å². The highest BCUT2D eigenvalue weighted by atomic mass is 19.3. The Morgan fingerprint density at radius 1 is 1.15 bits per heavy atom. The first-order valence-corrected chi connectivity index (χ1v) is 8.17. The van der Waals surface area contributed by atoms with Gasteiger partial charge >= 0.3 is 6.61 Å². The van der Waals surface area contributed by atoms with Crippen LogP contribution in [0, 0.1) is 6.92 Å². The number of hydrogen-bond donors (Lipinski definition) is 2. The van der Waals surface area contributed by atoms with Gasteiger partial charge in [0.1, 0.15) is 0 Å². The second-order valence-electron chi connectivity index (χ2n) is 5.62. The molecule has 140 valence electrons. The summed E-state index contributed by atoms with van der Waals surface area (Å²) >= 11 is 0. The molecule has 7 heteroatoms. The molecule has 0 saturated carbocycles. The Morgan fingerprint density at radius 2 is 1.92 bits per heavy atom. The molecule has 0 aliphatic heterocycles. The van der Waals surface area contributed by atoms with E-state index in [4.69, 9.17) is 4.74 Å². The number of aryl methyl sites for hydroxylation is 1. The number of anilines is 1. The summed E-state index contributed by atoms with van der Waals surface area (Å²) in [6, 6.07) is 12.5. The lowest BCUT2D eigenvalue weighted by Gasteiger charge is -2.13. The van der Waals surface area contributed by atoms with Crippen LogP contribution < -0.4 is 20.1 Å². The van der Waals surface area contributed by atoms with Crippen LogP contribution in [-0.2, 0) is 11.2 Å². The molecule has 0 aliphatic carbocycles. The molecule has 0 spiro atoms. The average molecular weight is 364 g/mol. The van der Waals surface area contributed by atoms with Crippen molar-refractivity contribution in [1.29, 1.82) is 0 Å². The third-order valence-corrected chi connectivity index (χ3v) is 3.81. The summed E-state index contributed by atoms with van der Waals surface area (Å²) in [6.45, 7) is -0.382. The van der Waals surface area contributed by atoms with Crippen LogP contribution in [0.3, 0.4) is 0 Å². The standard InChI is InChI=1S/C19H22F2N2O3/c1-13-5-3-4-6-14(13)9-10-22-18(24)12-23-15-7-8-16(25-2)17(11-15)26-19(20)21/h3-8,11,19,23H,9-10,12H2,1-2H3,(H,22,24). The van der Waals surface area contributed by atoms with Gasteiger partial charge in [-0.3, -0.25) is 4.79 Å². The number of carbonyl (C=O) groups is 1. The van der Waals surface area contributed by atoms with Crippen molar-refractivity contribution in [3.05, 3.63) is 53.6 Å². The van der Waals surface area contributed by atoms with E-state index in [9.17, 15) is 13.6 Å². The Balaban J connectivity index is 1.82. The maximum Gasteiger partial charge on any atom is 0.387 e. The van der Waals surface area contributed by atoms with Crippen molar-refractivity contribution in [2.45, 2.75) is 20.0 Å². The lowest BCUT2D eigenvalue weighted by molar-refractivity contribution is -0.119. The molecule has 26 heavy (non-hydrogen) atoms. The van der Waals surface area contributed by atoms with Gasteiger partial charge in [-0.25, -0.2) is 0 Å². The monoisotopic (exact) mass is 364 g/mol. The first-order chi connectivity index (χ1) is 12.5. The van der Waals surface area contributed by atoms with Crippen molar-refractivity contribution in [3.8, 4) is 11.5 Å². The Morgan fingerprint density at radius 3 is 2.62 bits per heavy atom. The van der Waals surface area contributed by atoms with Crippen LogP contribution in [0.25, 0.3) is 0 Å². The molecule has 0 aromatic heterocycles. The quantitative estimate of drug-likeness (QED) is 0.716. The number of carbonyl (C=O) groups excluding carboxylic acids is 1. The number of methoxy groups -OCH3 is 1. The maximum absolute atomic E-state index is 12.4. The molecule has 0 aliphatic rings. The first-order valence-electron chi connectivity index (χ1n) is 8.17. The molecule has 0 saturated heterocycles.